The Balaban J connectivity index is 1.83. The van der Waals surface area contributed by atoms with Gasteiger partial charge < -0.3 is 9.64 Å². The first-order valence-electron chi connectivity index (χ1n) is 5.64. The number of aldehydes is 1. The largest absolute Gasteiger partial charge is 0.484 e. The molecule has 0 unspecified atom stereocenters. The maximum atomic E-state index is 11.7. The Morgan fingerprint density at radius 1 is 1.41 bits per heavy atom. The highest BCUT2D eigenvalue weighted by Gasteiger charge is 2.29. The summed E-state index contributed by atoms with van der Waals surface area (Å²) >= 11 is 0. The third-order valence-corrected chi connectivity index (χ3v) is 2.87. The first-order chi connectivity index (χ1) is 8.20. The summed E-state index contributed by atoms with van der Waals surface area (Å²) in [5.41, 5.74) is 0.596. The number of benzene rings is 1. The van der Waals surface area contributed by atoms with Crippen LogP contribution < -0.4 is 4.74 Å². The van der Waals surface area contributed by atoms with Gasteiger partial charge in [0, 0.05) is 18.7 Å². The fourth-order valence-electron chi connectivity index (χ4n) is 1.55. The number of ether oxygens (including phenoxy) is 1. The van der Waals surface area contributed by atoms with E-state index in [1.54, 1.807) is 36.2 Å². The predicted octanol–water partition coefficient (Wildman–Crippen LogP) is 1.50. The summed E-state index contributed by atoms with van der Waals surface area (Å²) in [6, 6.07) is 7.11. The molecular weight excluding hydrogens is 218 g/mol. The lowest BCUT2D eigenvalue weighted by atomic mass is 10.2. The average Bonchev–Trinajstić information content (AvgIpc) is 3.20. The van der Waals surface area contributed by atoms with Crippen molar-refractivity contribution >= 4 is 12.2 Å². The van der Waals surface area contributed by atoms with Gasteiger partial charge in [0.05, 0.1) is 0 Å². The van der Waals surface area contributed by atoms with E-state index in [1.165, 1.54) is 0 Å². The van der Waals surface area contributed by atoms with Crippen LogP contribution in [0.5, 0.6) is 5.75 Å². The Labute approximate surface area is 100 Å². The Morgan fingerprint density at radius 3 is 2.59 bits per heavy atom. The Morgan fingerprint density at radius 2 is 2.06 bits per heavy atom. The minimum Gasteiger partial charge on any atom is -0.484 e. The summed E-state index contributed by atoms with van der Waals surface area (Å²) in [4.78, 5) is 23.9. The number of likely N-dealkylation sites (N-methyl/N-ethyl adjacent to an activating group) is 1. The number of rotatable bonds is 5. The molecule has 0 radical (unpaired) electrons. The molecule has 0 bridgehead atoms. The molecule has 0 heterocycles. The van der Waals surface area contributed by atoms with Gasteiger partial charge in [0.2, 0.25) is 0 Å². The molecule has 0 spiro atoms. The van der Waals surface area contributed by atoms with Crippen LogP contribution in [0.4, 0.5) is 0 Å². The molecule has 1 aromatic carbocycles. The molecule has 2 rings (SSSR count). The van der Waals surface area contributed by atoms with Gasteiger partial charge in [-0.3, -0.25) is 9.59 Å². The first kappa shape index (κ1) is 11.6. The van der Waals surface area contributed by atoms with Crippen molar-refractivity contribution in [1.29, 1.82) is 0 Å². The fourth-order valence-corrected chi connectivity index (χ4v) is 1.55. The maximum absolute atomic E-state index is 11.7. The molecule has 1 aliphatic carbocycles. The first-order valence-corrected chi connectivity index (χ1v) is 5.64. The number of amides is 1. The molecule has 4 nitrogen and oxygen atoms in total. The van der Waals surface area contributed by atoms with E-state index in [4.69, 9.17) is 4.74 Å². The average molecular weight is 233 g/mol. The van der Waals surface area contributed by atoms with Gasteiger partial charge in [0.15, 0.2) is 6.61 Å². The molecule has 1 aromatic rings. The lowest BCUT2D eigenvalue weighted by Crippen LogP contribution is -2.33. The van der Waals surface area contributed by atoms with Crippen molar-refractivity contribution in [1.82, 2.24) is 4.90 Å². The summed E-state index contributed by atoms with van der Waals surface area (Å²) in [7, 11) is 1.80. The van der Waals surface area contributed by atoms with Crippen LogP contribution in [0.15, 0.2) is 24.3 Å². The van der Waals surface area contributed by atoms with E-state index in [1.807, 2.05) is 0 Å². The van der Waals surface area contributed by atoms with Gasteiger partial charge >= 0.3 is 0 Å². The Hall–Kier alpha value is -1.84. The zero-order valence-electron chi connectivity index (χ0n) is 9.76. The highest BCUT2D eigenvalue weighted by molar-refractivity contribution is 5.78. The smallest absolute Gasteiger partial charge is 0.260 e. The van der Waals surface area contributed by atoms with Gasteiger partial charge in [-0.2, -0.15) is 0 Å². The van der Waals surface area contributed by atoms with Gasteiger partial charge in [0.25, 0.3) is 5.91 Å². The molecule has 0 aliphatic heterocycles. The summed E-state index contributed by atoms with van der Waals surface area (Å²) in [5.74, 6) is 0.597. The topological polar surface area (TPSA) is 46.6 Å². The van der Waals surface area contributed by atoms with E-state index in [0.29, 0.717) is 17.4 Å². The molecule has 90 valence electrons. The zero-order chi connectivity index (χ0) is 12.3. The standard InChI is InChI=1S/C13H15NO3/c1-14(11-4-5-11)13(16)9-17-12-6-2-10(8-15)3-7-12/h2-3,6-8,11H,4-5,9H2,1H3. The van der Waals surface area contributed by atoms with E-state index in [2.05, 4.69) is 0 Å². The van der Waals surface area contributed by atoms with Crippen LogP contribution in [0.3, 0.4) is 0 Å². The highest BCUT2D eigenvalue weighted by atomic mass is 16.5. The molecule has 1 fully saturated rings. The van der Waals surface area contributed by atoms with Gasteiger partial charge in [-0.1, -0.05) is 0 Å². The monoisotopic (exact) mass is 233 g/mol. The Bertz CT molecular complexity index is 409. The number of carbonyl (C=O) groups excluding carboxylic acids is 2. The summed E-state index contributed by atoms with van der Waals surface area (Å²) in [6.45, 7) is 0.0490. The van der Waals surface area contributed by atoms with Crippen molar-refractivity contribution in [2.24, 2.45) is 0 Å². The van der Waals surface area contributed by atoms with Crippen molar-refractivity contribution in [3.05, 3.63) is 29.8 Å². The molecule has 4 heteroatoms. The quantitative estimate of drug-likeness (QED) is 0.724. The van der Waals surface area contributed by atoms with Gasteiger partial charge in [-0.05, 0) is 37.1 Å². The van der Waals surface area contributed by atoms with Gasteiger partial charge in [-0.25, -0.2) is 0 Å². The molecular formula is C13H15NO3. The summed E-state index contributed by atoms with van der Waals surface area (Å²) in [5, 5.41) is 0. The molecule has 17 heavy (non-hydrogen) atoms. The number of carbonyl (C=O) groups is 2. The van der Waals surface area contributed by atoms with Crippen molar-refractivity contribution in [2.45, 2.75) is 18.9 Å². The van der Waals surface area contributed by atoms with Crippen LogP contribution in [0, 0.1) is 0 Å². The Kier molecular flexibility index (Phi) is 3.42. The number of hydrogen-bond acceptors (Lipinski definition) is 3. The molecule has 1 saturated carbocycles. The third kappa shape index (κ3) is 3.06. The molecule has 0 aromatic heterocycles. The van der Waals surface area contributed by atoms with Gasteiger partial charge in [0.1, 0.15) is 12.0 Å². The minimum absolute atomic E-state index is 0.00744. The van der Waals surface area contributed by atoms with Crippen LogP contribution in [0.25, 0.3) is 0 Å². The highest BCUT2D eigenvalue weighted by Crippen LogP contribution is 2.25. The third-order valence-electron chi connectivity index (χ3n) is 2.87. The van der Waals surface area contributed by atoms with E-state index < -0.39 is 0 Å². The lowest BCUT2D eigenvalue weighted by molar-refractivity contribution is -0.132. The van der Waals surface area contributed by atoms with E-state index >= 15 is 0 Å². The van der Waals surface area contributed by atoms with Crippen LogP contribution in [0.2, 0.25) is 0 Å². The van der Waals surface area contributed by atoms with Crippen molar-refractivity contribution in [3.63, 3.8) is 0 Å². The van der Waals surface area contributed by atoms with Crippen molar-refractivity contribution in [2.75, 3.05) is 13.7 Å². The second-order valence-corrected chi connectivity index (χ2v) is 4.21. The molecule has 1 amide bonds. The lowest BCUT2D eigenvalue weighted by Gasteiger charge is -2.16. The van der Waals surface area contributed by atoms with E-state index in [-0.39, 0.29) is 12.5 Å². The SMILES string of the molecule is CN(C(=O)COc1ccc(C=O)cc1)C1CC1. The second kappa shape index (κ2) is 4.99. The molecule has 1 aliphatic rings. The predicted molar refractivity (Wildman–Crippen MR) is 63.1 cm³/mol. The van der Waals surface area contributed by atoms with Crippen LogP contribution in [-0.2, 0) is 4.79 Å². The maximum Gasteiger partial charge on any atom is 0.260 e. The van der Waals surface area contributed by atoms with Crippen LogP contribution in [-0.4, -0.2) is 36.8 Å². The summed E-state index contributed by atoms with van der Waals surface area (Å²) < 4.78 is 5.36. The normalized spacial score (nSPS) is 14.2. The van der Waals surface area contributed by atoms with E-state index in [9.17, 15) is 9.59 Å². The molecule has 0 atom stereocenters. The zero-order valence-corrected chi connectivity index (χ0v) is 9.76. The van der Waals surface area contributed by atoms with Crippen LogP contribution >= 0.6 is 0 Å². The fraction of sp³-hybridized carbons (Fsp3) is 0.385. The second-order valence-electron chi connectivity index (χ2n) is 4.21. The minimum atomic E-state index is -0.00744. The molecule has 0 saturated heterocycles. The van der Waals surface area contributed by atoms with Crippen molar-refractivity contribution < 1.29 is 14.3 Å². The summed E-state index contributed by atoms with van der Waals surface area (Å²) in [6.07, 6.45) is 2.96. The molecule has 0 N–H and O–H groups in total. The van der Waals surface area contributed by atoms with Gasteiger partial charge in [-0.15, -0.1) is 0 Å². The van der Waals surface area contributed by atoms with Crippen molar-refractivity contribution in [3.8, 4) is 5.75 Å². The number of hydrogen-bond donors (Lipinski definition) is 0. The van der Waals surface area contributed by atoms with E-state index in [0.717, 1.165) is 19.1 Å². The van der Waals surface area contributed by atoms with Crippen LogP contribution in [0.1, 0.15) is 23.2 Å². The number of nitrogens with zero attached hydrogens (tertiary/aromatic N) is 1.